The van der Waals surface area contributed by atoms with Gasteiger partial charge in [-0.3, -0.25) is 14.6 Å². The lowest BCUT2D eigenvalue weighted by Crippen LogP contribution is -2.33. The SMILES string of the molecule is CN(Cc1ccccc1NC(=O)c1ccc(N2CCOC2=O)cc1)C1CCCCC1. The summed E-state index contributed by atoms with van der Waals surface area (Å²) in [6.07, 6.45) is 6.11. The summed E-state index contributed by atoms with van der Waals surface area (Å²) in [6.45, 7) is 1.75. The number of anilines is 2. The molecule has 6 heteroatoms. The van der Waals surface area contributed by atoms with Crippen molar-refractivity contribution in [2.24, 2.45) is 0 Å². The molecular formula is C24H29N3O3. The van der Waals surface area contributed by atoms with Gasteiger partial charge in [0.2, 0.25) is 0 Å². The predicted molar refractivity (Wildman–Crippen MR) is 118 cm³/mol. The molecule has 2 amide bonds. The van der Waals surface area contributed by atoms with E-state index in [9.17, 15) is 9.59 Å². The van der Waals surface area contributed by atoms with Crippen LogP contribution in [0.15, 0.2) is 48.5 Å². The standard InChI is InChI=1S/C24H29N3O3/c1-26(20-8-3-2-4-9-20)17-19-7-5-6-10-22(19)25-23(28)18-11-13-21(14-12-18)27-15-16-30-24(27)29/h5-7,10-14,20H,2-4,8-9,15-17H2,1H3,(H,25,28). The summed E-state index contributed by atoms with van der Waals surface area (Å²) in [5.41, 5.74) is 3.26. The quantitative estimate of drug-likeness (QED) is 0.757. The number of benzene rings is 2. The number of para-hydroxylation sites is 1. The van der Waals surface area contributed by atoms with Gasteiger partial charge in [-0.2, -0.15) is 0 Å². The average molecular weight is 408 g/mol. The molecule has 0 radical (unpaired) electrons. The second-order valence-corrected chi connectivity index (χ2v) is 8.13. The molecule has 1 aliphatic carbocycles. The zero-order valence-corrected chi connectivity index (χ0v) is 17.5. The molecule has 1 saturated carbocycles. The van der Waals surface area contributed by atoms with Crippen molar-refractivity contribution >= 4 is 23.4 Å². The molecule has 2 aliphatic rings. The summed E-state index contributed by atoms with van der Waals surface area (Å²) in [7, 11) is 2.18. The molecule has 0 aromatic heterocycles. The van der Waals surface area contributed by atoms with E-state index >= 15 is 0 Å². The number of nitrogens with one attached hydrogen (secondary N) is 1. The minimum Gasteiger partial charge on any atom is -0.447 e. The first-order valence-electron chi connectivity index (χ1n) is 10.8. The van der Waals surface area contributed by atoms with E-state index in [-0.39, 0.29) is 12.0 Å². The minimum atomic E-state index is -0.344. The van der Waals surface area contributed by atoms with Crippen molar-refractivity contribution in [3.63, 3.8) is 0 Å². The number of cyclic esters (lactones) is 1. The van der Waals surface area contributed by atoms with Gasteiger partial charge in [-0.15, -0.1) is 0 Å². The first kappa shape index (κ1) is 20.4. The van der Waals surface area contributed by atoms with Gasteiger partial charge in [-0.05, 0) is 55.8 Å². The van der Waals surface area contributed by atoms with Crippen molar-refractivity contribution in [3.05, 3.63) is 59.7 Å². The molecule has 1 N–H and O–H groups in total. The summed E-state index contributed by atoms with van der Waals surface area (Å²) in [4.78, 5) is 28.5. The summed E-state index contributed by atoms with van der Waals surface area (Å²) >= 11 is 0. The average Bonchev–Trinajstić information content (AvgIpc) is 3.21. The number of hydrogen-bond donors (Lipinski definition) is 1. The molecule has 0 bridgehead atoms. The van der Waals surface area contributed by atoms with E-state index < -0.39 is 0 Å². The van der Waals surface area contributed by atoms with E-state index in [1.165, 1.54) is 32.1 Å². The second-order valence-electron chi connectivity index (χ2n) is 8.13. The maximum absolute atomic E-state index is 12.8. The molecule has 1 aliphatic heterocycles. The Kier molecular flexibility index (Phi) is 6.33. The lowest BCUT2D eigenvalue weighted by Gasteiger charge is -2.31. The molecular weight excluding hydrogens is 378 g/mol. The molecule has 30 heavy (non-hydrogen) atoms. The third-order valence-electron chi connectivity index (χ3n) is 6.09. The highest BCUT2D eigenvalue weighted by atomic mass is 16.6. The summed E-state index contributed by atoms with van der Waals surface area (Å²) in [5.74, 6) is -0.154. The Hall–Kier alpha value is -2.86. The monoisotopic (exact) mass is 407 g/mol. The van der Waals surface area contributed by atoms with E-state index in [4.69, 9.17) is 4.74 Å². The molecule has 6 nitrogen and oxygen atoms in total. The molecule has 2 aromatic carbocycles. The lowest BCUT2D eigenvalue weighted by atomic mass is 9.94. The minimum absolute atomic E-state index is 0.154. The van der Waals surface area contributed by atoms with Crippen molar-refractivity contribution in [3.8, 4) is 0 Å². The number of hydrogen-bond acceptors (Lipinski definition) is 4. The summed E-state index contributed by atoms with van der Waals surface area (Å²) in [5, 5.41) is 3.06. The van der Waals surface area contributed by atoms with Crippen LogP contribution in [0.2, 0.25) is 0 Å². The van der Waals surface area contributed by atoms with Crippen LogP contribution in [0.3, 0.4) is 0 Å². The van der Waals surface area contributed by atoms with Crippen LogP contribution in [0.1, 0.15) is 48.0 Å². The fourth-order valence-electron chi connectivity index (χ4n) is 4.31. The normalized spacial score (nSPS) is 17.3. The van der Waals surface area contributed by atoms with Crippen molar-refractivity contribution in [1.29, 1.82) is 0 Å². The van der Waals surface area contributed by atoms with E-state index in [0.717, 1.165) is 23.5 Å². The van der Waals surface area contributed by atoms with Crippen molar-refractivity contribution in [1.82, 2.24) is 4.90 Å². The van der Waals surface area contributed by atoms with Crippen molar-refractivity contribution in [2.45, 2.75) is 44.7 Å². The molecule has 158 valence electrons. The van der Waals surface area contributed by atoms with Gasteiger partial charge in [-0.25, -0.2) is 4.79 Å². The third kappa shape index (κ3) is 4.65. The van der Waals surface area contributed by atoms with Crippen LogP contribution < -0.4 is 10.2 Å². The van der Waals surface area contributed by atoms with Gasteiger partial charge in [0, 0.05) is 29.5 Å². The van der Waals surface area contributed by atoms with Gasteiger partial charge in [0.05, 0.1) is 6.54 Å². The predicted octanol–water partition coefficient (Wildman–Crippen LogP) is 4.66. The Bertz CT molecular complexity index is 891. The maximum atomic E-state index is 12.8. The van der Waals surface area contributed by atoms with E-state index in [1.807, 2.05) is 18.2 Å². The Labute approximate surface area is 177 Å². The van der Waals surface area contributed by atoms with Crippen LogP contribution in [-0.2, 0) is 11.3 Å². The van der Waals surface area contributed by atoms with Crippen LogP contribution in [0.25, 0.3) is 0 Å². The van der Waals surface area contributed by atoms with E-state index in [1.54, 1.807) is 29.2 Å². The summed E-state index contributed by atoms with van der Waals surface area (Å²) in [6, 6.07) is 15.7. The number of carbonyl (C=O) groups is 2. The van der Waals surface area contributed by atoms with E-state index in [2.05, 4.69) is 23.3 Å². The highest BCUT2D eigenvalue weighted by Gasteiger charge is 2.24. The largest absolute Gasteiger partial charge is 0.447 e. The highest BCUT2D eigenvalue weighted by molar-refractivity contribution is 6.05. The zero-order valence-electron chi connectivity index (χ0n) is 17.5. The number of amides is 2. The Morgan fingerprint density at radius 2 is 1.83 bits per heavy atom. The smallest absolute Gasteiger partial charge is 0.414 e. The fourth-order valence-corrected chi connectivity index (χ4v) is 4.31. The molecule has 4 rings (SSSR count). The van der Waals surface area contributed by atoms with Crippen LogP contribution in [0.4, 0.5) is 16.2 Å². The first-order valence-corrected chi connectivity index (χ1v) is 10.8. The van der Waals surface area contributed by atoms with Crippen LogP contribution >= 0.6 is 0 Å². The Balaban J connectivity index is 1.42. The number of ether oxygens (including phenoxy) is 1. The molecule has 0 spiro atoms. The van der Waals surface area contributed by atoms with Gasteiger partial charge >= 0.3 is 6.09 Å². The zero-order chi connectivity index (χ0) is 20.9. The lowest BCUT2D eigenvalue weighted by molar-refractivity contribution is 0.102. The molecule has 1 saturated heterocycles. The molecule has 0 unspecified atom stereocenters. The highest BCUT2D eigenvalue weighted by Crippen LogP contribution is 2.25. The fraction of sp³-hybridized carbons (Fsp3) is 0.417. The van der Waals surface area contributed by atoms with Crippen LogP contribution in [-0.4, -0.2) is 43.1 Å². The Morgan fingerprint density at radius 1 is 1.10 bits per heavy atom. The summed E-state index contributed by atoms with van der Waals surface area (Å²) < 4.78 is 4.97. The first-order chi connectivity index (χ1) is 14.6. The molecule has 0 atom stereocenters. The van der Waals surface area contributed by atoms with Crippen LogP contribution in [0.5, 0.6) is 0 Å². The number of carbonyl (C=O) groups excluding carboxylic acids is 2. The van der Waals surface area contributed by atoms with Gasteiger partial charge < -0.3 is 10.1 Å². The van der Waals surface area contributed by atoms with Gasteiger partial charge in [0.15, 0.2) is 0 Å². The van der Waals surface area contributed by atoms with Gasteiger partial charge in [-0.1, -0.05) is 37.5 Å². The van der Waals surface area contributed by atoms with Crippen LogP contribution in [0, 0.1) is 0 Å². The Morgan fingerprint density at radius 3 is 2.53 bits per heavy atom. The maximum Gasteiger partial charge on any atom is 0.414 e. The molecule has 1 heterocycles. The third-order valence-corrected chi connectivity index (χ3v) is 6.09. The van der Waals surface area contributed by atoms with E-state index in [0.29, 0.717) is 24.8 Å². The van der Waals surface area contributed by atoms with Crippen molar-refractivity contribution < 1.29 is 14.3 Å². The molecule has 2 aromatic rings. The second kappa shape index (κ2) is 9.30. The molecule has 2 fully saturated rings. The number of rotatable bonds is 6. The number of nitrogens with zero attached hydrogens (tertiary/aromatic N) is 2. The van der Waals surface area contributed by atoms with Gasteiger partial charge in [0.25, 0.3) is 5.91 Å². The van der Waals surface area contributed by atoms with Crippen molar-refractivity contribution in [2.75, 3.05) is 30.4 Å². The van der Waals surface area contributed by atoms with Gasteiger partial charge in [0.1, 0.15) is 6.61 Å². The topological polar surface area (TPSA) is 61.9 Å².